The van der Waals surface area contributed by atoms with Crippen molar-refractivity contribution in [2.24, 2.45) is 0 Å². The topological polar surface area (TPSA) is 84.0 Å². The number of allylic oxidation sites excluding steroid dienone is 1. The number of nitrogens with zero attached hydrogens (tertiary/aromatic N) is 2. The van der Waals surface area contributed by atoms with E-state index in [0.717, 1.165) is 29.5 Å². The molecule has 0 N–H and O–H groups in total. The van der Waals surface area contributed by atoms with Crippen LogP contribution in [0.4, 0.5) is 0 Å². The first-order chi connectivity index (χ1) is 17.9. The molecule has 0 aliphatic carbocycles. The van der Waals surface area contributed by atoms with Gasteiger partial charge in [-0.15, -0.1) is 0 Å². The molecule has 1 saturated heterocycles. The van der Waals surface area contributed by atoms with E-state index in [1.54, 1.807) is 60.7 Å². The van der Waals surface area contributed by atoms with Crippen LogP contribution in [0.1, 0.15) is 51.1 Å². The van der Waals surface area contributed by atoms with Crippen molar-refractivity contribution in [2.75, 3.05) is 20.1 Å². The number of fused-ring (bicyclic) bond motifs is 1. The molecule has 37 heavy (non-hydrogen) atoms. The Kier molecular flexibility index (Phi) is 6.95. The molecule has 3 aromatic rings. The quantitative estimate of drug-likeness (QED) is 0.348. The predicted molar refractivity (Wildman–Crippen MR) is 140 cm³/mol. The zero-order chi connectivity index (χ0) is 26.0. The normalized spacial score (nSPS) is 17.3. The van der Waals surface area contributed by atoms with Gasteiger partial charge in [0, 0.05) is 24.7 Å². The summed E-state index contributed by atoms with van der Waals surface area (Å²) in [6.07, 6.45) is 3.68. The molecule has 0 radical (unpaired) electrons. The fourth-order valence-electron chi connectivity index (χ4n) is 4.77. The number of esters is 1. The summed E-state index contributed by atoms with van der Waals surface area (Å²) in [6.45, 7) is 2.98. The molecule has 8 heteroatoms. The molecule has 2 aliphatic heterocycles. The van der Waals surface area contributed by atoms with E-state index in [1.165, 1.54) is 32.4 Å². The summed E-state index contributed by atoms with van der Waals surface area (Å²) in [4.78, 5) is 29.1. The fourth-order valence-corrected chi connectivity index (χ4v) is 6.16. The maximum atomic E-state index is 13.5. The van der Waals surface area contributed by atoms with Gasteiger partial charge >= 0.3 is 5.97 Å². The molecular weight excluding hydrogens is 488 g/mol. The van der Waals surface area contributed by atoms with E-state index in [2.05, 4.69) is 4.90 Å². The smallest absolute Gasteiger partial charge is 0.343 e. The van der Waals surface area contributed by atoms with E-state index in [1.807, 2.05) is 12.1 Å². The van der Waals surface area contributed by atoms with Crippen LogP contribution >= 0.6 is 0 Å². The van der Waals surface area contributed by atoms with Crippen molar-refractivity contribution < 1.29 is 22.7 Å². The SMILES string of the molecule is CN1C(C(=O)c2ccccc2)=C(OC(=O)c2ccc(CN3CCCCC3)cc2)c2ccccc2S1(=O)=O. The third kappa shape index (κ3) is 4.95. The maximum Gasteiger partial charge on any atom is 0.343 e. The molecule has 0 unspecified atom stereocenters. The van der Waals surface area contributed by atoms with Crippen molar-refractivity contribution in [1.29, 1.82) is 0 Å². The van der Waals surface area contributed by atoms with E-state index in [-0.39, 0.29) is 27.5 Å². The van der Waals surface area contributed by atoms with Crippen LogP contribution in [0.5, 0.6) is 0 Å². The molecule has 5 rings (SSSR count). The number of piperidine rings is 1. The van der Waals surface area contributed by atoms with Crippen LogP contribution in [0.3, 0.4) is 0 Å². The Hall–Kier alpha value is -3.75. The summed E-state index contributed by atoms with van der Waals surface area (Å²) in [5.74, 6) is -1.30. The van der Waals surface area contributed by atoms with Crippen molar-refractivity contribution in [2.45, 2.75) is 30.7 Å². The highest BCUT2D eigenvalue weighted by molar-refractivity contribution is 7.89. The van der Waals surface area contributed by atoms with Crippen LogP contribution in [0.25, 0.3) is 5.76 Å². The van der Waals surface area contributed by atoms with Gasteiger partial charge in [0.1, 0.15) is 5.70 Å². The van der Waals surface area contributed by atoms with Gasteiger partial charge < -0.3 is 4.74 Å². The van der Waals surface area contributed by atoms with E-state index < -0.39 is 21.8 Å². The van der Waals surface area contributed by atoms with Crippen LogP contribution in [0.15, 0.2) is 89.5 Å². The Balaban J connectivity index is 1.49. The van der Waals surface area contributed by atoms with E-state index in [4.69, 9.17) is 4.74 Å². The minimum atomic E-state index is -4.02. The number of benzene rings is 3. The lowest BCUT2D eigenvalue weighted by molar-refractivity contribution is 0.0686. The second kappa shape index (κ2) is 10.3. The Bertz CT molecular complexity index is 1460. The zero-order valence-corrected chi connectivity index (χ0v) is 21.4. The zero-order valence-electron chi connectivity index (χ0n) is 20.6. The van der Waals surface area contributed by atoms with Crippen molar-refractivity contribution in [3.63, 3.8) is 0 Å². The summed E-state index contributed by atoms with van der Waals surface area (Å²) in [7, 11) is -2.72. The third-order valence-electron chi connectivity index (χ3n) is 6.79. The molecule has 7 nitrogen and oxygen atoms in total. The molecule has 0 bridgehead atoms. The lowest BCUT2D eigenvalue weighted by atomic mass is 10.0. The largest absolute Gasteiger partial charge is 0.420 e. The van der Waals surface area contributed by atoms with Crippen LogP contribution in [0, 0.1) is 0 Å². The highest BCUT2D eigenvalue weighted by atomic mass is 32.2. The van der Waals surface area contributed by atoms with E-state index in [0.29, 0.717) is 5.56 Å². The van der Waals surface area contributed by atoms with Crippen LogP contribution in [0.2, 0.25) is 0 Å². The molecule has 190 valence electrons. The molecule has 1 fully saturated rings. The fraction of sp³-hybridized carbons (Fsp3) is 0.241. The van der Waals surface area contributed by atoms with Crippen molar-refractivity contribution >= 4 is 27.5 Å². The van der Waals surface area contributed by atoms with Gasteiger partial charge in [-0.1, -0.05) is 61.0 Å². The third-order valence-corrected chi connectivity index (χ3v) is 8.61. The molecule has 2 heterocycles. The van der Waals surface area contributed by atoms with Crippen LogP contribution < -0.4 is 0 Å². The number of hydrogen-bond acceptors (Lipinski definition) is 6. The maximum absolute atomic E-state index is 13.5. The molecule has 0 aromatic heterocycles. The minimum absolute atomic E-state index is 0.0261. The van der Waals surface area contributed by atoms with Gasteiger partial charge in [0.2, 0.25) is 5.78 Å². The highest BCUT2D eigenvalue weighted by Gasteiger charge is 2.39. The number of likely N-dealkylation sites (N-methyl/N-ethyl adjacent to an activating group) is 1. The summed E-state index contributed by atoms with van der Waals surface area (Å²) >= 11 is 0. The number of ketones is 1. The Morgan fingerprint density at radius 2 is 1.46 bits per heavy atom. The van der Waals surface area contributed by atoms with Crippen molar-refractivity contribution in [1.82, 2.24) is 9.21 Å². The number of rotatable bonds is 6. The monoisotopic (exact) mass is 516 g/mol. The first-order valence-electron chi connectivity index (χ1n) is 12.3. The van der Waals surface area contributed by atoms with Gasteiger partial charge in [-0.05, 0) is 55.8 Å². The van der Waals surface area contributed by atoms with Gasteiger partial charge in [-0.2, -0.15) is 0 Å². The lowest BCUT2D eigenvalue weighted by Crippen LogP contribution is -2.36. The summed E-state index contributed by atoms with van der Waals surface area (Å²) in [5, 5.41) is 0. The second-order valence-electron chi connectivity index (χ2n) is 9.26. The Morgan fingerprint density at radius 1 is 0.811 bits per heavy atom. The van der Waals surface area contributed by atoms with Gasteiger partial charge in [0.15, 0.2) is 5.76 Å². The Labute approximate surface area is 217 Å². The lowest BCUT2D eigenvalue weighted by Gasteiger charge is -2.30. The minimum Gasteiger partial charge on any atom is -0.420 e. The van der Waals surface area contributed by atoms with Crippen LogP contribution in [-0.2, 0) is 21.3 Å². The molecule has 0 spiro atoms. The number of likely N-dealkylation sites (tertiary alicyclic amines) is 1. The summed E-state index contributed by atoms with van der Waals surface area (Å²) in [5.41, 5.74) is 1.67. The number of ether oxygens (including phenoxy) is 1. The number of carbonyl (C=O) groups excluding carboxylic acids is 2. The molecule has 0 amide bonds. The molecular formula is C29H28N2O5S. The number of Topliss-reactive ketones (excluding diaryl/α,β-unsaturated/α-hetero) is 1. The molecule has 3 aromatic carbocycles. The number of hydrogen-bond donors (Lipinski definition) is 0. The molecule has 0 saturated carbocycles. The summed E-state index contributed by atoms with van der Waals surface area (Å²) < 4.78 is 33.2. The van der Waals surface area contributed by atoms with E-state index >= 15 is 0 Å². The first kappa shape index (κ1) is 24.9. The Morgan fingerprint density at radius 3 is 2.16 bits per heavy atom. The number of carbonyl (C=O) groups is 2. The van der Waals surface area contributed by atoms with Gasteiger partial charge in [-0.25, -0.2) is 13.2 Å². The standard InChI is InChI=1S/C29H28N2O5S/c1-30-26(27(32)22-10-4-2-5-11-22)28(24-12-6-7-13-25(24)37(30,34)35)36-29(33)23-16-14-21(15-17-23)20-31-18-8-3-9-19-31/h2,4-7,10-17H,3,8-9,18-20H2,1H3. The highest BCUT2D eigenvalue weighted by Crippen LogP contribution is 2.38. The van der Waals surface area contributed by atoms with Crippen molar-refractivity contribution in [3.05, 3.63) is 107 Å². The first-order valence-corrected chi connectivity index (χ1v) is 13.8. The molecule has 2 aliphatic rings. The van der Waals surface area contributed by atoms with Crippen molar-refractivity contribution in [3.8, 4) is 0 Å². The predicted octanol–water partition coefficient (Wildman–Crippen LogP) is 4.72. The van der Waals surface area contributed by atoms with Crippen LogP contribution in [-0.4, -0.2) is 49.5 Å². The average Bonchev–Trinajstić information content (AvgIpc) is 2.93. The second-order valence-corrected chi connectivity index (χ2v) is 11.2. The molecule has 0 atom stereocenters. The van der Waals surface area contributed by atoms with Gasteiger partial charge in [0.25, 0.3) is 10.0 Å². The number of sulfonamides is 1. The van der Waals surface area contributed by atoms with E-state index in [9.17, 15) is 18.0 Å². The average molecular weight is 517 g/mol. The summed E-state index contributed by atoms with van der Waals surface area (Å²) in [6, 6.07) is 21.8. The van der Waals surface area contributed by atoms with Gasteiger partial charge in [-0.3, -0.25) is 14.0 Å². The van der Waals surface area contributed by atoms with Gasteiger partial charge in [0.05, 0.1) is 10.5 Å².